The molecule has 112 valence electrons. The summed E-state index contributed by atoms with van der Waals surface area (Å²) in [6, 6.07) is 6.21. The van der Waals surface area contributed by atoms with Crippen molar-refractivity contribution in [1.29, 1.82) is 0 Å². The number of rotatable bonds is 3. The summed E-state index contributed by atoms with van der Waals surface area (Å²) in [6.45, 7) is 1.50. The van der Waals surface area contributed by atoms with Crippen molar-refractivity contribution < 1.29 is 28.9 Å². The Bertz CT molecular complexity index is 593. The molecule has 0 saturated carbocycles. The summed E-state index contributed by atoms with van der Waals surface area (Å²) in [5.74, 6) is -1.83. The van der Waals surface area contributed by atoms with Crippen molar-refractivity contribution >= 4 is 17.8 Å². The highest BCUT2D eigenvalue weighted by Crippen LogP contribution is 2.43. The van der Waals surface area contributed by atoms with Gasteiger partial charge in [-0.25, -0.2) is 14.6 Å². The highest BCUT2D eigenvalue weighted by Gasteiger charge is 2.61. The first kappa shape index (κ1) is 14.8. The maximum absolute atomic E-state index is 12.2. The highest BCUT2D eigenvalue weighted by atomic mass is 16.6. The van der Waals surface area contributed by atoms with Gasteiger partial charge in [0, 0.05) is 12.5 Å². The van der Waals surface area contributed by atoms with Gasteiger partial charge >= 0.3 is 11.9 Å². The van der Waals surface area contributed by atoms with E-state index in [9.17, 15) is 14.7 Å². The lowest BCUT2D eigenvalue weighted by Gasteiger charge is -2.26. The Balaban J connectivity index is 2.62. The summed E-state index contributed by atoms with van der Waals surface area (Å²) in [7, 11) is 2.27. The van der Waals surface area contributed by atoms with Gasteiger partial charge < -0.3 is 19.3 Å². The van der Waals surface area contributed by atoms with Crippen molar-refractivity contribution in [3.8, 4) is 5.75 Å². The lowest BCUT2D eigenvalue weighted by Crippen LogP contribution is -2.49. The van der Waals surface area contributed by atoms with E-state index in [0.717, 1.165) is 14.2 Å². The first-order valence-electron chi connectivity index (χ1n) is 6.15. The average Bonchev–Trinajstić information content (AvgIpc) is 2.84. The van der Waals surface area contributed by atoms with Gasteiger partial charge in [0.2, 0.25) is 0 Å². The third kappa shape index (κ3) is 2.20. The number of phenolic OH excluding ortho intramolecular Hbond substituents is 1. The molecule has 1 aliphatic heterocycles. The lowest BCUT2D eigenvalue weighted by molar-refractivity contribution is -0.165. The van der Waals surface area contributed by atoms with Gasteiger partial charge in [-0.3, -0.25) is 0 Å². The second-order valence-electron chi connectivity index (χ2n) is 4.44. The quantitative estimate of drug-likeness (QED) is 0.659. The number of nitrogens with zero attached hydrogens (tertiary/aromatic N) is 1. The molecular weight excluding hydrogens is 278 g/mol. The van der Waals surface area contributed by atoms with E-state index >= 15 is 0 Å². The molecule has 0 bridgehead atoms. The van der Waals surface area contributed by atoms with Crippen LogP contribution in [0.5, 0.6) is 5.75 Å². The normalized spacial score (nSPS) is 19.4. The Morgan fingerprint density at radius 1 is 1.24 bits per heavy atom. The molecule has 0 spiro atoms. The van der Waals surface area contributed by atoms with Crippen LogP contribution in [0.15, 0.2) is 29.3 Å². The highest BCUT2D eigenvalue weighted by molar-refractivity contribution is 6.09. The van der Waals surface area contributed by atoms with Gasteiger partial charge in [0.15, 0.2) is 12.0 Å². The minimum atomic E-state index is -2.02. The van der Waals surface area contributed by atoms with Crippen LogP contribution in [0.4, 0.5) is 0 Å². The maximum Gasteiger partial charge on any atom is 0.350 e. The van der Waals surface area contributed by atoms with Gasteiger partial charge in [-0.15, -0.1) is 0 Å². The molecule has 7 nitrogen and oxygen atoms in total. The van der Waals surface area contributed by atoms with Gasteiger partial charge in [-0.1, -0.05) is 18.2 Å². The molecule has 1 aromatic rings. The average molecular weight is 293 g/mol. The smallest absolute Gasteiger partial charge is 0.350 e. The molecule has 1 N–H and O–H groups in total. The standard InChI is InChI=1S/C14H15NO6/c1-8-15-14(12(17)19-2,13(18)20-3)11(21-8)9-6-4-5-7-10(9)16/h4-7,11,16H,1-3H3. The first-order chi connectivity index (χ1) is 9.97. The topological polar surface area (TPSA) is 94.4 Å². The van der Waals surface area contributed by atoms with Gasteiger partial charge in [0.25, 0.3) is 5.54 Å². The second kappa shape index (κ2) is 5.43. The molecule has 1 atom stereocenters. The van der Waals surface area contributed by atoms with Crippen LogP contribution >= 0.6 is 0 Å². The predicted octanol–water partition coefficient (Wildman–Crippen LogP) is 0.967. The van der Waals surface area contributed by atoms with Crippen LogP contribution in [0, 0.1) is 0 Å². The van der Waals surface area contributed by atoms with Crippen molar-refractivity contribution in [2.24, 2.45) is 4.99 Å². The van der Waals surface area contributed by atoms with Crippen molar-refractivity contribution in [3.63, 3.8) is 0 Å². The van der Waals surface area contributed by atoms with E-state index in [-0.39, 0.29) is 17.2 Å². The molecule has 0 aromatic heterocycles. The molecule has 2 rings (SSSR count). The van der Waals surface area contributed by atoms with Crippen molar-refractivity contribution in [1.82, 2.24) is 0 Å². The fraction of sp³-hybridized carbons (Fsp3) is 0.357. The molecule has 0 amide bonds. The predicted molar refractivity (Wildman–Crippen MR) is 71.8 cm³/mol. The molecule has 7 heteroatoms. The number of carbonyl (C=O) groups excluding carboxylic acids is 2. The van der Waals surface area contributed by atoms with Crippen molar-refractivity contribution in [3.05, 3.63) is 29.8 Å². The molecule has 0 saturated heterocycles. The first-order valence-corrected chi connectivity index (χ1v) is 6.15. The number of aromatic hydroxyl groups is 1. The van der Waals surface area contributed by atoms with E-state index in [4.69, 9.17) is 14.2 Å². The summed E-state index contributed by atoms with van der Waals surface area (Å²) in [5, 5.41) is 9.96. The van der Waals surface area contributed by atoms with Crippen LogP contribution in [-0.2, 0) is 23.8 Å². The van der Waals surface area contributed by atoms with Crippen LogP contribution in [0.3, 0.4) is 0 Å². The Morgan fingerprint density at radius 2 is 1.81 bits per heavy atom. The van der Waals surface area contributed by atoms with Crippen LogP contribution in [0.2, 0.25) is 0 Å². The molecule has 0 aliphatic carbocycles. The van der Waals surface area contributed by atoms with Crippen LogP contribution in [0.25, 0.3) is 0 Å². The third-order valence-electron chi connectivity index (χ3n) is 3.21. The van der Waals surface area contributed by atoms with Gasteiger partial charge in [0.05, 0.1) is 14.2 Å². The Hall–Kier alpha value is -2.57. The molecule has 1 aromatic carbocycles. The van der Waals surface area contributed by atoms with E-state index in [0.29, 0.717) is 0 Å². The monoisotopic (exact) mass is 293 g/mol. The molecule has 21 heavy (non-hydrogen) atoms. The number of hydrogen-bond donors (Lipinski definition) is 1. The van der Waals surface area contributed by atoms with Crippen molar-refractivity contribution in [2.75, 3.05) is 14.2 Å². The number of aliphatic imine (C=N–C) groups is 1. The lowest BCUT2D eigenvalue weighted by atomic mass is 9.88. The minimum absolute atomic E-state index is 0.121. The zero-order valence-corrected chi connectivity index (χ0v) is 11.8. The fourth-order valence-corrected chi connectivity index (χ4v) is 2.29. The molecular formula is C14H15NO6. The Kier molecular flexibility index (Phi) is 3.84. The SMILES string of the molecule is COC(=O)C1(C(=O)OC)N=C(C)OC1c1ccccc1O. The Labute approximate surface area is 121 Å². The van der Waals surface area contributed by atoms with E-state index in [1.165, 1.54) is 19.1 Å². The number of esters is 2. The molecule has 0 radical (unpaired) electrons. The van der Waals surface area contributed by atoms with Crippen LogP contribution in [-0.4, -0.2) is 42.7 Å². The zero-order valence-electron chi connectivity index (χ0n) is 11.8. The summed E-state index contributed by atoms with van der Waals surface area (Å²) < 4.78 is 14.9. The number of benzene rings is 1. The molecule has 1 heterocycles. The largest absolute Gasteiger partial charge is 0.508 e. The number of carbonyl (C=O) groups is 2. The van der Waals surface area contributed by atoms with E-state index < -0.39 is 23.6 Å². The van der Waals surface area contributed by atoms with Crippen LogP contribution in [0.1, 0.15) is 18.6 Å². The molecule has 1 unspecified atom stereocenters. The maximum atomic E-state index is 12.2. The van der Waals surface area contributed by atoms with E-state index in [1.807, 2.05) is 0 Å². The Morgan fingerprint density at radius 3 is 2.33 bits per heavy atom. The van der Waals surface area contributed by atoms with Crippen molar-refractivity contribution in [2.45, 2.75) is 18.6 Å². The number of methoxy groups -OCH3 is 2. The zero-order chi connectivity index (χ0) is 15.6. The number of hydrogen-bond acceptors (Lipinski definition) is 7. The number of ether oxygens (including phenoxy) is 3. The van der Waals surface area contributed by atoms with Crippen LogP contribution < -0.4 is 0 Å². The fourth-order valence-electron chi connectivity index (χ4n) is 2.29. The summed E-state index contributed by atoms with van der Waals surface area (Å²) in [5.41, 5.74) is -1.78. The summed E-state index contributed by atoms with van der Waals surface area (Å²) >= 11 is 0. The van der Waals surface area contributed by atoms with E-state index in [2.05, 4.69) is 4.99 Å². The van der Waals surface area contributed by atoms with Gasteiger partial charge in [-0.05, 0) is 6.07 Å². The molecule has 1 aliphatic rings. The third-order valence-corrected chi connectivity index (χ3v) is 3.21. The minimum Gasteiger partial charge on any atom is -0.508 e. The summed E-state index contributed by atoms with van der Waals surface area (Å²) in [6.07, 6.45) is -1.15. The summed E-state index contributed by atoms with van der Waals surface area (Å²) in [4.78, 5) is 28.4. The number of para-hydroxylation sites is 1. The molecule has 0 fully saturated rings. The van der Waals surface area contributed by atoms with Gasteiger partial charge in [0.1, 0.15) is 5.75 Å². The van der Waals surface area contributed by atoms with E-state index in [1.54, 1.807) is 12.1 Å². The second-order valence-corrected chi connectivity index (χ2v) is 4.44. The number of phenols is 1. The van der Waals surface area contributed by atoms with Gasteiger partial charge in [-0.2, -0.15) is 0 Å².